The van der Waals surface area contributed by atoms with Crippen molar-refractivity contribution in [3.63, 3.8) is 0 Å². The van der Waals surface area contributed by atoms with Gasteiger partial charge in [0.05, 0.1) is 12.2 Å². The van der Waals surface area contributed by atoms with Gasteiger partial charge in [-0.05, 0) is 37.8 Å². The number of rotatable bonds is 15. The Kier molecular flexibility index (Phi) is 13.2. The lowest BCUT2D eigenvalue weighted by atomic mass is 9.94. The Morgan fingerprint density at radius 2 is 1.54 bits per heavy atom. The van der Waals surface area contributed by atoms with Crippen molar-refractivity contribution >= 4 is 5.78 Å². The molecule has 4 unspecified atom stereocenters. The van der Waals surface area contributed by atoms with Gasteiger partial charge in [-0.1, -0.05) is 44.2 Å². The second-order valence-electron chi connectivity index (χ2n) is 10.2. The van der Waals surface area contributed by atoms with E-state index in [0.29, 0.717) is 58.3 Å². The lowest BCUT2D eigenvalue weighted by Gasteiger charge is -2.46. The molecule has 1 aromatic rings. The Bertz CT molecular complexity index is 841. The van der Waals surface area contributed by atoms with Crippen LogP contribution in [0.5, 0.6) is 0 Å². The summed E-state index contributed by atoms with van der Waals surface area (Å²) in [5.41, 5.74) is 1.01. The number of hydrogen-bond acceptors (Lipinski definition) is 11. The van der Waals surface area contributed by atoms with Crippen molar-refractivity contribution < 1.29 is 49.3 Å². The fourth-order valence-electron chi connectivity index (χ4n) is 4.93. The first-order chi connectivity index (χ1) is 18.8. The molecule has 222 valence electrons. The van der Waals surface area contributed by atoms with Gasteiger partial charge in [0.25, 0.3) is 0 Å². The number of carbonyl (C=O) groups excluding carboxylic acids is 1. The van der Waals surface area contributed by atoms with Gasteiger partial charge in [-0.3, -0.25) is 10.1 Å². The first-order valence-electron chi connectivity index (χ1n) is 14.0. The molecule has 11 nitrogen and oxygen atoms in total. The molecular weight excluding hydrogens is 510 g/mol. The summed E-state index contributed by atoms with van der Waals surface area (Å²) >= 11 is 0. The maximum atomic E-state index is 12.1. The second-order valence-corrected chi connectivity index (χ2v) is 10.2. The van der Waals surface area contributed by atoms with Gasteiger partial charge in [-0.25, -0.2) is 0 Å². The van der Waals surface area contributed by atoms with E-state index in [1.54, 1.807) is 6.92 Å². The maximum absolute atomic E-state index is 12.1. The summed E-state index contributed by atoms with van der Waals surface area (Å²) < 4.78 is 23.0. The van der Waals surface area contributed by atoms with Crippen LogP contribution >= 0.6 is 0 Å². The van der Waals surface area contributed by atoms with E-state index >= 15 is 0 Å². The summed E-state index contributed by atoms with van der Waals surface area (Å²) in [6.07, 6.45) is -8.39. The van der Waals surface area contributed by atoms with Gasteiger partial charge in [-0.2, -0.15) is 0 Å². The molecule has 0 aromatic heterocycles. The number of aliphatic hydroxyl groups is 5. The van der Waals surface area contributed by atoms with Crippen LogP contribution in [-0.4, -0.2) is 112 Å². The highest BCUT2D eigenvalue weighted by Crippen LogP contribution is 2.30. The van der Waals surface area contributed by atoms with Gasteiger partial charge in [0.2, 0.25) is 0 Å². The highest BCUT2D eigenvalue weighted by molar-refractivity contribution is 5.80. The minimum atomic E-state index is -1.53. The van der Waals surface area contributed by atoms with Gasteiger partial charge in [0.1, 0.15) is 48.6 Å². The van der Waals surface area contributed by atoms with Crippen LogP contribution in [0.25, 0.3) is 0 Å². The molecule has 2 heterocycles. The number of benzene rings is 1. The first-order valence-corrected chi connectivity index (χ1v) is 14.0. The summed E-state index contributed by atoms with van der Waals surface area (Å²) in [5, 5.41) is 55.1. The van der Waals surface area contributed by atoms with Crippen LogP contribution in [-0.2, 0) is 30.2 Å². The van der Waals surface area contributed by atoms with E-state index in [4.69, 9.17) is 18.9 Å². The molecule has 6 N–H and O–H groups in total. The van der Waals surface area contributed by atoms with E-state index < -0.39 is 61.3 Å². The predicted octanol–water partition coefficient (Wildman–Crippen LogP) is 0.0342. The molecule has 1 aromatic carbocycles. The molecule has 2 aliphatic heterocycles. The predicted molar refractivity (Wildman–Crippen MR) is 141 cm³/mol. The van der Waals surface area contributed by atoms with Crippen LogP contribution < -0.4 is 5.32 Å². The van der Waals surface area contributed by atoms with E-state index in [-0.39, 0.29) is 5.78 Å². The summed E-state index contributed by atoms with van der Waals surface area (Å²) in [6, 6.07) is 9.65. The number of carbonyl (C=O) groups is 1. The number of Topliss-reactive ketones (excluding diaryl/α,β-unsaturated/α-hetero) is 1. The third-order valence-electron chi connectivity index (χ3n) is 7.25. The zero-order chi connectivity index (χ0) is 28.4. The minimum absolute atomic E-state index is 0.185. The van der Waals surface area contributed by atoms with Crippen LogP contribution in [0.15, 0.2) is 30.3 Å². The van der Waals surface area contributed by atoms with Crippen molar-refractivity contribution in [2.45, 2.75) is 114 Å². The van der Waals surface area contributed by atoms with Crippen molar-refractivity contribution in [1.29, 1.82) is 0 Å². The van der Waals surface area contributed by atoms with Gasteiger partial charge in [-0.15, -0.1) is 0 Å². The number of hydrogen-bond donors (Lipinski definition) is 6. The molecule has 0 saturated carbocycles. The van der Waals surface area contributed by atoms with E-state index in [9.17, 15) is 30.3 Å². The third-order valence-corrected chi connectivity index (χ3v) is 7.25. The Morgan fingerprint density at radius 3 is 2.23 bits per heavy atom. The molecule has 2 fully saturated rings. The molecule has 2 aliphatic rings. The van der Waals surface area contributed by atoms with Crippen molar-refractivity contribution in [3.8, 4) is 0 Å². The average molecular weight is 556 g/mol. The van der Waals surface area contributed by atoms with E-state index in [2.05, 4.69) is 5.32 Å². The van der Waals surface area contributed by atoms with Crippen molar-refractivity contribution in [2.75, 3.05) is 19.8 Å². The molecule has 0 spiro atoms. The molecule has 0 amide bonds. The smallest absolute Gasteiger partial charge is 0.187 e. The third kappa shape index (κ3) is 8.99. The van der Waals surface area contributed by atoms with Crippen LogP contribution in [0.4, 0.5) is 0 Å². The van der Waals surface area contributed by atoms with Crippen LogP contribution in [0.2, 0.25) is 0 Å². The van der Waals surface area contributed by atoms with Gasteiger partial charge in [0.15, 0.2) is 6.29 Å². The zero-order valence-corrected chi connectivity index (χ0v) is 22.8. The molecule has 3 rings (SSSR count). The molecule has 2 saturated heterocycles. The molecule has 0 radical (unpaired) electrons. The SMILES string of the molecule is CCC1O[C@H](O[C@@H]2C(CC)O[C@H](NCCCOCCCC(=O)Cc3ccccc3)C(O)[C@H]2O)C(O)[C@@H](O)[C@@H]1O. The summed E-state index contributed by atoms with van der Waals surface area (Å²) in [4.78, 5) is 12.1. The highest BCUT2D eigenvalue weighted by atomic mass is 16.7. The topological polar surface area (TPSA) is 167 Å². The summed E-state index contributed by atoms with van der Waals surface area (Å²) in [7, 11) is 0. The average Bonchev–Trinajstić information content (AvgIpc) is 2.94. The normalized spacial score (nSPS) is 35.2. The Hall–Kier alpha value is -1.51. The molecule has 0 aliphatic carbocycles. The lowest BCUT2D eigenvalue weighted by molar-refractivity contribution is -0.339. The summed E-state index contributed by atoms with van der Waals surface area (Å²) in [6.45, 7) is 5.03. The number of nitrogens with one attached hydrogen (secondary N) is 1. The number of ether oxygens (including phenoxy) is 4. The lowest BCUT2D eigenvalue weighted by Crippen LogP contribution is -2.65. The highest BCUT2D eigenvalue weighted by Gasteiger charge is 2.49. The zero-order valence-electron chi connectivity index (χ0n) is 22.8. The second kappa shape index (κ2) is 16.1. The quantitative estimate of drug-likeness (QED) is 0.162. The van der Waals surface area contributed by atoms with Crippen molar-refractivity contribution in [1.82, 2.24) is 5.32 Å². The first kappa shape index (κ1) is 32.0. The monoisotopic (exact) mass is 555 g/mol. The Labute approximate surface area is 230 Å². The van der Waals surface area contributed by atoms with Crippen LogP contribution in [0.1, 0.15) is 51.5 Å². The molecule has 39 heavy (non-hydrogen) atoms. The fourth-order valence-corrected chi connectivity index (χ4v) is 4.93. The van der Waals surface area contributed by atoms with Crippen LogP contribution in [0.3, 0.4) is 0 Å². The number of ketones is 1. The Balaban J connectivity index is 1.35. The number of aliphatic hydroxyl groups excluding tert-OH is 5. The van der Waals surface area contributed by atoms with E-state index in [1.165, 1.54) is 0 Å². The van der Waals surface area contributed by atoms with Gasteiger partial charge in [0, 0.05) is 26.1 Å². The minimum Gasteiger partial charge on any atom is -0.388 e. The standard InChI is InChI=1S/C28H45NO10/c1-3-19-21(31)22(32)25(35)28(38-19)39-26-20(4-2)37-27(24(34)23(26)33)29-13-9-15-36-14-8-12-18(30)16-17-10-6-5-7-11-17/h5-7,10-11,19-29,31-35H,3-4,8-9,12-16H2,1-2H3/t19?,20?,21-,22+,23-,24?,25?,26-,27+,28-/m1/s1. The molecule has 0 bridgehead atoms. The van der Waals surface area contributed by atoms with E-state index in [1.807, 2.05) is 37.3 Å². The molecule has 10 atom stereocenters. The van der Waals surface area contributed by atoms with E-state index in [0.717, 1.165) is 5.56 Å². The molecular formula is C28H45NO10. The maximum Gasteiger partial charge on any atom is 0.187 e. The van der Waals surface area contributed by atoms with Gasteiger partial charge < -0.3 is 44.5 Å². The van der Waals surface area contributed by atoms with Crippen LogP contribution in [0, 0.1) is 0 Å². The largest absolute Gasteiger partial charge is 0.388 e. The Morgan fingerprint density at radius 1 is 0.846 bits per heavy atom. The van der Waals surface area contributed by atoms with Gasteiger partial charge >= 0.3 is 0 Å². The van der Waals surface area contributed by atoms with Crippen molar-refractivity contribution in [2.24, 2.45) is 0 Å². The van der Waals surface area contributed by atoms with Crippen molar-refractivity contribution in [3.05, 3.63) is 35.9 Å². The summed E-state index contributed by atoms with van der Waals surface area (Å²) in [5.74, 6) is 0.185. The molecule has 11 heteroatoms. The fraction of sp³-hybridized carbons (Fsp3) is 0.750.